The number of carbonyl (C=O) groups excluding carboxylic acids is 1. The van der Waals surface area contributed by atoms with Crippen molar-refractivity contribution in [1.29, 1.82) is 0 Å². The van der Waals surface area contributed by atoms with Crippen molar-refractivity contribution in [2.24, 2.45) is 0 Å². The first-order valence-corrected chi connectivity index (χ1v) is 7.75. The molecule has 1 fully saturated rings. The summed E-state index contributed by atoms with van der Waals surface area (Å²) < 4.78 is 2.08. The van der Waals surface area contributed by atoms with Crippen LogP contribution in [-0.2, 0) is 6.54 Å². The van der Waals surface area contributed by atoms with Crippen LogP contribution in [0.15, 0.2) is 24.3 Å². The summed E-state index contributed by atoms with van der Waals surface area (Å²) in [5, 5.41) is 11.4. The number of benzene rings is 1. The van der Waals surface area contributed by atoms with Gasteiger partial charge in [0.1, 0.15) is 12.6 Å². The molecule has 1 aromatic heterocycles. The number of fused-ring (bicyclic) bond motifs is 1. The van der Waals surface area contributed by atoms with E-state index in [2.05, 4.69) is 4.57 Å². The Hall–Kier alpha value is -1.65. The van der Waals surface area contributed by atoms with Gasteiger partial charge < -0.3 is 14.6 Å². The molecule has 0 saturated carbocycles. The van der Waals surface area contributed by atoms with Crippen LogP contribution >= 0.6 is 0 Å². The Balaban J connectivity index is 1.85. The zero-order valence-electron chi connectivity index (χ0n) is 12.5. The van der Waals surface area contributed by atoms with E-state index in [1.165, 1.54) is 30.8 Å². The number of rotatable bonds is 5. The van der Waals surface area contributed by atoms with E-state index in [9.17, 15) is 9.90 Å². The number of nitrogens with one attached hydrogen (secondary N) is 1. The monoisotopic (exact) mass is 287 g/mol. The van der Waals surface area contributed by atoms with E-state index >= 15 is 0 Å². The maximum atomic E-state index is 11.3. The molecule has 1 aliphatic heterocycles. The Morgan fingerprint density at radius 2 is 2.05 bits per heavy atom. The normalized spacial score (nSPS) is 17.4. The van der Waals surface area contributed by atoms with Crippen LogP contribution in [0.1, 0.15) is 28.9 Å². The minimum absolute atomic E-state index is 0.368. The second kappa shape index (κ2) is 6.00. The Morgan fingerprint density at radius 1 is 1.33 bits per heavy atom. The lowest BCUT2D eigenvalue weighted by Crippen LogP contribution is -3.11. The van der Waals surface area contributed by atoms with Gasteiger partial charge in [0, 0.05) is 35.0 Å². The van der Waals surface area contributed by atoms with E-state index in [-0.39, 0.29) is 6.10 Å². The zero-order chi connectivity index (χ0) is 14.8. The first-order valence-electron chi connectivity index (χ1n) is 7.75. The van der Waals surface area contributed by atoms with Crippen LogP contribution in [0, 0.1) is 6.92 Å². The molecule has 2 aromatic rings. The number of carbonyl (C=O) groups is 1. The van der Waals surface area contributed by atoms with Crippen LogP contribution in [0.3, 0.4) is 0 Å². The second-order valence-corrected chi connectivity index (χ2v) is 6.06. The quantitative estimate of drug-likeness (QED) is 0.799. The average Bonchev–Trinajstić information content (AvgIpc) is 3.07. The van der Waals surface area contributed by atoms with E-state index in [0.29, 0.717) is 6.54 Å². The molecule has 1 aromatic carbocycles. The highest BCUT2D eigenvalue weighted by molar-refractivity contribution is 5.99. The lowest BCUT2D eigenvalue weighted by Gasteiger charge is -2.18. The third-order valence-corrected chi connectivity index (χ3v) is 4.63. The fourth-order valence-electron chi connectivity index (χ4n) is 3.53. The molecule has 21 heavy (non-hydrogen) atoms. The SMILES string of the molecule is Cc1c(C=O)c2ccccc2n1C[C@H](O)C[NH+]1CCCC1. The summed E-state index contributed by atoms with van der Waals surface area (Å²) in [6, 6.07) is 7.92. The summed E-state index contributed by atoms with van der Waals surface area (Å²) in [6.07, 6.45) is 3.09. The predicted octanol–water partition coefficient (Wildman–Crippen LogP) is 0.802. The second-order valence-electron chi connectivity index (χ2n) is 6.06. The number of aliphatic hydroxyl groups excluding tert-OH is 1. The van der Waals surface area contributed by atoms with Gasteiger partial charge in [0.15, 0.2) is 6.29 Å². The summed E-state index contributed by atoms with van der Waals surface area (Å²) in [6.45, 7) is 5.65. The van der Waals surface area contributed by atoms with Gasteiger partial charge in [0.2, 0.25) is 0 Å². The lowest BCUT2D eigenvalue weighted by atomic mass is 10.1. The Morgan fingerprint density at radius 3 is 2.76 bits per heavy atom. The molecule has 3 rings (SSSR count). The highest BCUT2D eigenvalue weighted by Gasteiger charge is 2.21. The number of likely N-dealkylation sites (tertiary alicyclic amines) is 1. The number of aldehydes is 1. The van der Waals surface area contributed by atoms with Crippen molar-refractivity contribution in [2.45, 2.75) is 32.4 Å². The van der Waals surface area contributed by atoms with Gasteiger partial charge in [-0.05, 0) is 13.0 Å². The maximum Gasteiger partial charge on any atom is 0.152 e. The standard InChI is InChI=1S/C17H22N2O2/c1-13-16(12-20)15-6-2-3-7-17(15)19(13)11-14(21)10-18-8-4-5-9-18/h2-3,6-7,12,14,21H,4-5,8-11H2,1H3/p+1/t14-/m1/s1. The van der Waals surface area contributed by atoms with Crippen molar-refractivity contribution < 1.29 is 14.8 Å². The summed E-state index contributed by atoms with van der Waals surface area (Å²) in [5.41, 5.74) is 2.72. The molecule has 0 aliphatic carbocycles. The number of hydrogen-bond acceptors (Lipinski definition) is 2. The lowest BCUT2D eigenvalue weighted by molar-refractivity contribution is -0.890. The first kappa shape index (κ1) is 14.3. The van der Waals surface area contributed by atoms with Gasteiger partial charge in [-0.1, -0.05) is 18.2 Å². The van der Waals surface area contributed by atoms with Crippen LogP contribution in [-0.4, -0.2) is 41.7 Å². The molecular weight excluding hydrogens is 264 g/mol. The minimum Gasteiger partial charge on any atom is -0.385 e. The number of aliphatic hydroxyl groups is 1. The van der Waals surface area contributed by atoms with Crippen molar-refractivity contribution in [1.82, 2.24) is 4.57 Å². The number of hydrogen-bond donors (Lipinski definition) is 2. The van der Waals surface area contributed by atoms with Crippen molar-refractivity contribution in [3.8, 4) is 0 Å². The number of nitrogens with zero attached hydrogens (tertiary/aromatic N) is 1. The molecule has 112 valence electrons. The van der Waals surface area contributed by atoms with Crippen LogP contribution in [0.5, 0.6) is 0 Å². The minimum atomic E-state index is -0.368. The van der Waals surface area contributed by atoms with Gasteiger partial charge in [-0.2, -0.15) is 0 Å². The van der Waals surface area contributed by atoms with E-state index < -0.39 is 0 Å². The van der Waals surface area contributed by atoms with Gasteiger partial charge in [0.25, 0.3) is 0 Å². The summed E-state index contributed by atoms with van der Waals surface area (Å²) in [5.74, 6) is 0. The molecule has 1 saturated heterocycles. The van der Waals surface area contributed by atoms with E-state index in [1.54, 1.807) is 0 Å². The molecular formula is C17H23N2O2+. The van der Waals surface area contributed by atoms with E-state index in [4.69, 9.17) is 0 Å². The highest BCUT2D eigenvalue weighted by Crippen LogP contribution is 2.24. The number of quaternary nitrogens is 1. The van der Waals surface area contributed by atoms with Gasteiger partial charge in [-0.15, -0.1) is 0 Å². The van der Waals surface area contributed by atoms with Crippen LogP contribution in [0.25, 0.3) is 10.9 Å². The molecule has 0 amide bonds. The molecule has 2 N–H and O–H groups in total. The fraction of sp³-hybridized carbons (Fsp3) is 0.471. The van der Waals surface area contributed by atoms with Crippen molar-refractivity contribution in [3.63, 3.8) is 0 Å². The van der Waals surface area contributed by atoms with E-state index in [0.717, 1.165) is 35.0 Å². The third-order valence-electron chi connectivity index (χ3n) is 4.63. The van der Waals surface area contributed by atoms with Crippen molar-refractivity contribution in [3.05, 3.63) is 35.5 Å². The Bertz CT molecular complexity index is 642. The summed E-state index contributed by atoms with van der Waals surface area (Å²) in [7, 11) is 0. The molecule has 4 heteroatoms. The summed E-state index contributed by atoms with van der Waals surface area (Å²) >= 11 is 0. The Kier molecular flexibility index (Phi) is 4.08. The summed E-state index contributed by atoms with van der Waals surface area (Å²) in [4.78, 5) is 12.8. The van der Waals surface area contributed by atoms with Crippen LogP contribution < -0.4 is 4.90 Å². The van der Waals surface area contributed by atoms with Crippen molar-refractivity contribution >= 4 is 17.2 Å². The first-order chi connectivity index (χ1) is 10.2. The average molecular weight is 287 g/mol. The molecule has 1 atom stereocenters. The molecule has 1 aliphatic rings. The molecule has 0 bridgehead atoms. The van der Waals surface area contributed by atoms with Gasteiger partial charge in [-0.3, -0.25) is 4.79 Å². The van der Waals surface area contributed by atoms with Gasteiger partial charge in [-0.25, -0.2) is 0 Å². The van der Waals surface area contributed by atoms with Gasteiger partial charge in [0.05, 0.1) is 19.6 Å². The topological polar surface area (TPSA) is 46.7 Å². The van der Waals surface area contributed by atoms with E-state index in [1.807, 2.05) is 31.2 Å². The smallest absolute Gasteiger partial charge is 0.152 e. The number of para-hydroxylation sites is 1. The van der Waals surface area contributed by atoms with Crippen molar-refractivity contribution in [2.75, 3.05) is 19.6 Å². The predicted molar refractivity (Wildman–Crippen MR) is 82.9 cm³/mol. The molecule has 0 spiro atoms. The molecule has 0 radical (unpaired) electrons. The van der Waals surface area contributed by atoms with Gasteiger partial charge >= 0.3 is 0 Å². The fourth-order valence-corrected chi connectivity index (χ4v) is 3.53. The highest BCUT2D eigenvalue weighted by atomic mass is 16.3. The molecule has 2 heterocycles. The van der Waals surface area contributed by atoms with Crippen LogP contribution in [0.2, 0.25) is 0 Å². The molecule has 4 nitrogen and oxygen atoms in total. The number of aromatic nitrogens is 1. The Labute approximate surface area is 125 Å². The third kappa shape index (κ3) is 2.74. The zero-order valence-corrected chi connectivity index (χ0v) is 12.5. The van der Waals surface area contributed by atoms with Crippen LogP contribution in [0.4, 0.5) is 0 Å². The molecule has 0 unspecified atom stereocenters. The largest absolute Gasteiger partial charge is 0.385 e. The maximum absolute atomic E-state index is 11.3.